The van der Waals surface area contributed by atoms with Crippen molar-refractivity contribution in [1.82, 2.24) is 9.13 Å². The summed E-state index contributed by atoms with van der Waals surface area (Å²) in [6.07, 6.45) is 0. The molecule has 0 amide bonds. The lowest BCUT2D eigenvalue weighted by molar-refractivity contribution is 0.794. The minimum atomic E-state index is -0.445. The molecule has 2 nitrogen and oxygen atoms in total. The van der Waals surface area contributed by atoms with Crippen molar-refractivity contribution in [3.05, 3.63) is 241 Å². The lowest BCUT2D eigenvalue weighted by Crippen LogP contribution is -2.25. The first kappa shape index (κ1) is 36.8. The summed E-state index contributed by atoms with van der Waals surface area (Å²) in [6.45, 7) is 0. The van der Waals surface area contributed by atoms with Gasteiger partial charge in [-0.2, -0.15) is 0 Å². The van der Waals surface area contributed by atoms with Crippen molar-refractivity contribution < 1.29 is 0 Å². The Bertz CT molecular complexity index is 4080. The van der Waals surface area contributed by atoms with Gasteiger partial charge >= 0.3 is 0 Å². The minimum Gasteiger partial charge on any atom is -0.344 e. The monoisotopic (exact) mass is 850 g/mol. The molecule has 2 heterocycles. The number of aryl methyl sites for hydroxylation is 2. The van der Waals surface area contributed by atoms with E-state index in [-0.39, 0.29) is 0 Å². The van der Waals surface area contributed by atoms with Crippen LogP contribution in [-0.2, 0) is 19.5 Å². The number of hydrogen-bond acceptors (Lipinski definition) is 0. The molecular weight excluding hydrogens is 809 g/mol. The van der Waals surface area contributed by atoms with Crippen LogP contribution in [0, 0.1) is 0 Å². The Balaban J connectivity index is 1.11. The highest BCUT2D eigenvalue weighted by Gasteiger charge is 2.52. The second kappa shape index (κ2) is 13.3. The van der Waals surface area contributed by atoms with Gasteiger partial charge in [-0.05, 0) is 130 Å². The van der Waals surface area contributed by atoms with Crippen molar-refractivity contribution in [1.29, 1.82) is 0 Å². The number of para-hydroxylation sites is 2. The van der Waals surface area contributed by atoms with Gasteiger partial charge in [0, 0.05) is 57.7 Å². The van der Waals surface area contributed by atoms with Crippen LogP contribution < -0.4 is 0 Å². The third-order valence-corrected chi connectivity index (χ3v) is 15.8. The van der Waals surface area contributed by atoms with Crippen molar-refractivity contribution in [2.45, 2.75) is 5.41 Å². The summed E-state index contributed by atoms with van der Waals surface area (Å²) in [5.74, 6) is 0. The quantitative estimate of drug-likeness (QED) is 0.157. The predicted molar refractivity (Wildman–Crippen MR) is 282 cm³/mol. The molecule has 1 spiro atoms. The molecule has 2 aliphatic rings. The minimum absolute atomic E-state index is 0.445. The van der Waals surface area contributed by atoms with E-state index in [0.29, 0.717) is 0 Å². The second-order valence-corrected chi connectivity index (χ2v) is 18.7. The Labute approximate surface area is 388 Å². The molecule has 312 valence electrons. The third-order valence-electron chi connectivity index (χ3n) is 15.8. The molecule has 2 heteroatoms. The molecule has 0 unspecified atom stereocenters. The molecule has 2 aliphatic carbocycles. The zero-order chi connectivity index (χ0) is 44.1. The summed E-state index contributed by atoms with van der Waals surface area (Å²) in [6, 6.07) is 82.6. The van der Waals surface area contributed by atoms with Gasteiger partial charge in [0.1, 0.15) is 0 Å². The van der Waals surface area contributed by atoms with Gasteiger partial charge < -0.3 is 9.13 Å². The van der Waals surface area contributed by atoms with Crippen LogP contribution in [0.2, 0.25) is 0 Å². The molecule has 0 fully saturated rings. The highest BCUT2D eigenvalue weighted by molar-refractivity contribution is 6.25. The van der Waals surface area contributed by atoms with Crippen LogP contribution in [0.1, 0.15) is 22.3 Å². The maximum absolute atomic E-state index is 2.52. The average Bonchev–Trinajstić information content (AvgIpc) is 4.07. The van der Waals surface area contributed by atoms with Crippen LogP contribution in [0.25, 0.3) is 121 Å². The topological polar surface area (TPSA) is 9.86 Å². The highest BCUT2D eigenvalue weighted by Crippen LogP contribution is 2.64. The summed E-state index contributed by atoms with van der Waals surface area (Å²) in [4.78, 5) is 0. The zero-order valence-electron chi connectivity index (χ0n) is 37.2. The number of benzene rings is 11. The average molecular weight is 851 g/mol. The first-order valence-electron chi connectivity index (χ1n) is 23.5. The normalized spacial score (nSPS) is 13.3. The lowest BCUT2D eigenvalue weighted by Gasteiger charge is -2.30. The molecule has 0 N–H and O–H groups in total. The molecule has 67 heavy (non-hydrogen) atoms. The van der Waals surface area contributed by atoms with Gasteiger partial charge in [0.05, 0.1) is 5.41 Å². The van der Waals surface area contributed by atoms with E-state index < -0.39 is 5.41 Å². The number of nitrogens with zero attached hydrogens (tertiary/aromatic N) is 2. The summed E-state index contributed by atoms with van der Waals surface area (Å²) >= 11 is 0. The standard InChI is InChI=1S/C65H42N2/c1-66-57-34-11-6-21-48(57)63-43(27-16-36-59(63)66)39-23-13-25-45-51(39)38-52-40(44-28-17-37-60-64(44)49-22-7-12-35-58(49)67(60)2)24-14-26-46(52)61(45)50-29-15-33-56-62(50)47-20-5-10-32-55(47)65(56)53-30-8-3-18-41(53)42-19-4-9-31-54(42)65/h3-38H,1-2H3. The van der Waals surface area contributed by atoms with Gasteiger partial charge in [0.2, 0.25) is 0 Å². The summed E-state index contributed by atoms with van der Waals surface area (Å²) in [5, 5.41) is 10.1. The van der Waals surface area contributed by atoms with Gasteiger partial charge in [-0.3, -0.25) is 0 Å². The van der Waals surface area contributed by atoms with Gasteiger partial charge in [-0.1, -0.05) is 188 Å². The highest BCUT2D eigenvalue weighted by atomic mass is 14.9. The summed E-state index contributed by atoms with van der Waals surface area (Å²) in [5.41, 5.74) is 22.7. The third kappa shape index (κ3) is 4.59. The van der Waals surface area contributed by atoms with E-state index in [1.807, 2.05) is 0 Å². The molecule has 0 aliphatic heterocycles. The molecule has 0 bridgehead atoms. The first-order valence-corrected chi connectivity index (χ1v) is 23.5. The largest absolute Gasteiger partial charge is 0.344 e. The van der Waals surface area contributed by atoms with E-state index in [2.05, 4.69) is 242 Å². The zero-order valence-corrected chi connectivity index (χ0v) is 37.2. The smallest absolute Gasteiger partial charge is 0.0725 e. The van der Waals surface area contributed by atoms with Crippen LogP contribution in [0.3, 0.4) is 0 Å². The molecule has 15 rings (SSSR count). The van der Waals surface area contributed by atoms with E-state index >= 15 is 0 Å². The van der Waals surface area contributed by atoms with Crippen molar-refractivity contribution in [3.8, 4) is 55.6 Å². The van der Waals surface area contributed by atoms with Crippen molar-refractivity contribution >= 4 is 65.2 Å². The molecule has 0 radical (unpaired) electrons. The molecule has 13 aromatic rings. The number of fused-ring (bicyclic) bond motifs is 18. The van der Waals surface area contributed by atoms with E-state index in [0.717, 1.165) is 0 Å². The van der Waals surface area contributed by atoms with Crippen LogP contribution >= 0.6 is 0 Å². The van der Waals surface area contributed by atoms with Gasteiger partial charge in [-0.15, -0.1) is 0 Å². The fraction of sp³-hybridized carbons (Fsp3) is 0.0462. The molecule has 11 aromatic carbocycles. The van der Waals surface area contributed by atoms with Crippen molar-refractivity contribution in [2.24, 2.45) is 14.1 Å². The van der Waals surface area contributed by atoms with Gasteiger partial charge in [-0.25, -0.2) is 0 Å². The van der Waals surface area contributed by atoms with Crippen LogP contribution in [0.15, 0.2) is 218 Å². The molecule has 0 saturated carbocycles. The predicted octanol–water partition coefficient (Wildman–Crippen LogP) is 16.6. The van der Waals surface area contributed by atoms with E-state index in [9.17, 15) is 0 Å². The van der Waals surface area contributed by atoms with E-state index in [1.165, 1.54) is 143 Å². The van der Waals surface area contributed by atoms with Crippen LogP contribution in [0.5, 0.6) is 0 Å². The number of rotatable bonds is 3. The second-order valence-electron chi connectivity index (χ2n) is 18.7. The Kier molecular flexibility index (Phi) is 7.32. The Morgan fingerprint density at radius 2 is 0.612 bits per heavy atom. The molecule has 2 aromatic heterocycles. The SMILES string of the molecule is Cn1c2ccccc2c2c(-c3cccc4c(-c5cccc6c5-c5ccccc5C65c6ccccc6-c6ccccc65)c5cccc(-c6cccc7c6c6ccccc6n7C)c5cc34)cccc21. The fourth-order valence-corrected chi connectivity index (χ4v) is 13.1. The summed E-state index contributed by atoms with van der Waals surface area (Å²) < 4.78 is 4.70. The number of aromatic nitrogens is 2. The maximum atomic E-state index is 2.52. The Morgan fingerprint density at radius 1 is 0.254 bits per heavy atom. The molecule has 0 atom stereocenters. The Hall–Kier alpha value is -8.46. The van der Waals surface area contributed by atoms with Crippen molar-refractivity contribution in [3.63, 3.8) is 0 Å². The Morgan fingerprint density at radius 3 is 1.16 bits per heavy atom. The van der Waals surface area contributed by atoms with Crippen LogP contribution in [-0.4, -0.2) is 9.13 Å². The number of hydrogen-bond donors (Lipinski definition) is 0. The van der Waals surface area contributed by atoms with Gasteiger partial charge in [0.15, 0.2) is 0 Å². The molecule has 0 saturated heterocycles. The summed E-state index contributed by atoms with van der Waals surface area (Å²) in [7, 11) is 4.40. The fourth-order valence-electron chi connectivity index (χ4n) is 13.1. The molecular formula is C65H42N2. The van der Waals surface area contributed by atoms with E-state index in [1.54, 1.807) is 0 Å². The van der Waals surface area contributed by atoms with Gasteiger partial charge in [0.25, 0.3) is 0 Å². The first-order chi connectivity index (χ1) is 33.1. The van der Waals surface area contributed by atoms with Crippen molar-refractivity contribution in [2.75, 3.05) is 0 Å². The van der Waals surface area contributed by atoms with E-state index in [4.69, 9.17) is 0 Å². The maximum Gasteiger partial charge on any atom is 0.0725 e. The van der Waals surface area contributed by atoms with Crippen LogP contribution in [0.4, 0.5) is 0 Å². The lowest BCUT2D eigenvalue weighted by atomic mass is 9.70.